The number of rotatable bonds is 4. The van der Waals surface area contributed by atoms with Crippen molar-refractivity contribution in [3.05, 3.63) is 29.8 Å². The third kappa shape index (κ3) is 3.67. The number of amides is 1. The first kappa shape index (κ1) is 15.2. The number of para-hydroxylation sites is 1. The molecule has 5 heteroatoms. The van der Waals surface area contributed by atoms with Gasteiger partial charge in [0.1, 0.15) is 5.75 Å². The summed E-state index contributed by atoms with van der Waals surface area (Å²) in [5.74, 6) is 2.46. The average Bonchev–Trinajstić information content (AvgIpc) is 2.47. The number of carbonyl (C=O) groups excluding carboxylic acids is 1. The van der Waals surface area contributed by atoms with Crippen molar-refractivity contribution in [1.29, 1.82) is 0 Å². The van der Waals surface area contributed by atoms with Gasteiger partial charge in [0, 0.05) is 43.1 Å². The first-order valence-electron chi connectivity index (χ1n) is 6.94. The molecule has 1 aliphatic heterocycles. The van der Waals surface area contributed by atoms with Gasteiger partial charge in [0.25, 0.3) is 0 Å². The average molecular weight is 294 g/mol. The van der Waals surface area contributed by atoms with Crippen molar-refractivity contribution >= 4 is 17.7 Å². The van der Waals surface area contributed by atoms with Gasteiger partial charge in [0.2, 0.25) is 5.91 Å². The maximum absolute atomic E-state index is 12.3. The minimum Gasteiger partial charge on any atom is -0.508 e. The van der Waals surface area contributed by atoms with Crippen LogP contribution in [-0.2, 0) is 4.79 Å². The molecule has 1 heterocycles. The molecule has 0 saturated carbocycles. The molecule has 0 aliphatic carbocycles. The smallest absolute Gasteiger partial charge is 0.224 e. The second kappa shape index (κ2) is 6.99. The van der Waals surface area contributed by atoms with Crippen molar-refractivity contribution in [2.45, 2.75) is 25.4 Å². The van der Waals surface area contributed by atoms with Crippen LogP contribution in [0, 0.1) is 0 Å². The summed E-state index contributed by atoms with van der Waals surface area (Å²) >= 11 is 1.89. The molecule has 0 bridgehead atoms. The predicted molar refractivity (Wildman–Crippen MR) is 83.0 cm³/mol. The highest BCUT2D eigenvalue weighted by atomic mass is 32.2. The van der Waals surface area contributed by atoms with Crippen LogP contribution < -0.4 is 5.32 Å². The maximum atomic E-state index is 12.3. The fourth-order valence-electron chi connectivity index (χ4n) is 2.37. The summed E-state index contributed by atoms with van der Waals surface area (Å²) in [5, 5.41) is 13.3. The highest BCUT2D eigenvalue weighted by molar-refractivity contribution is 7.99. The van der Waals surface area contributed by atoms with E-state index in [1.54, 1.807) is 24.1 Å². The first-order chi connectivity index (χ1) is 9.59. The summed E-state index contributed by atoms with van der Waals surface area (Å²) in [6.07, 6.45) is 0.515. The molecule has 2 N–H and O–H groups in total. The van der Waals surface area contributed by atoms with Crippen LogP contribution >= 0.6 is 11.8 Å². The number of phenols is 1. The Morgan fingerprint density at radius 2 is 2.30 bits per heavy atom. The molecule has 1 fully saturated rings. The minimum absolute atomic E-state index is 0.112. The molecule has 0 aromatic heterocycles. The molecule has 0 spiro atoms. The molecule has 2 unspecified atom stereocenters. The second-order valence-electron chi connectivity index (χ2n) is 5.17. The molecule has 2 rings (SSSR count). The molecule has 0 radical (unpaired) electrons. The Labute approximate surface area is 124 Å². The molecule has 1 aliphatic rings. The van der Waals surface area contributed by atoms with Gasteiger partial charge in [-0.15, -0.1) is 0 Å². The summed E-state index contributed by atoms with van der Waals surface area (Å²) in [7, 11) is 1.80. The van der Waals surface area contributed by atoms with Crippen LogP contribution in [0.4, 0.5) is 0 Å². The standard InChI is InChI=1S/C15H22N2O2S/c1-11(13-5-3-4-6-14(13)18)17(2)15(19)9-12-10-20-8-7-16-12/h3-6,11-12,16,18H,7-10H2,1-2H3. The first-order valence-corrected chi connectivity index (χ1v) is 8.09. The quantitative estimate of drug-likeness (QED) is 0.892. The number of nitrogens with one attached hydrogen (secondary N) is 1. The largest absolute Gasteiger partial charge is 0.508 e. The lowest BCUT2D eigenvalue weighted by molar-refractivity contribution is -0.132. The van der Waals surface area contributed by atoms with Gasteiger partial charge < -0.3 is 15.3 Å². The number of thioether (sulfide) groups is 1. The number of nitrogens with zero attached hydrogens (tertiary/aromatic N) is 1. The van der Waals surface area contributed by atoms with Gasteiger partial charge in [0.05, 0.1) is 6.04 Å². The lowest BCUT2D eigenvalue weighted by Gasteiger charge is -2.29. The van der Waals surface area contributed by atoms with Crippen LogP contribution in [0.1, 0.15) is 24.9 Å². The number of aromatic hydroxyl groups is 1. The third-order valence-corrected chi connectivity index (χ3v) is 4.91. The highest BCUT2D eigenvalue weighted by Gasteiger charge is 2.23. The van der Waals surface area contributed by atoms with Gasteiger partial charge in [-0.05, 0) is 13.0 Å². The van der Waals surface area contributed by atoms with E-state index in [1.165, 1.54) is 0 Å². The van der Waals surface area contributed by atoms with Gasteiger partial charge in [-0.25, -0.2) is 0 Å². The monoisotopic (exact) mass is 294 g/mol. The number of carbonyl (C=O) groups is 1. The summed E-state index contributed by atoms with van der Waals surface area (Å²) in [5.41, 5.74) is 0.786. The topological polar surface area (TPSA) is 52.6 Å². The Bertz CT molecular complexity index is 461. The van der Waals surface area contributed by atoms with Crippen molar-refractivity contribution in [2.75, 3.05) is 25.1 Å². The zero-order chi connectivity index (χ0) is 14.5. The van der Waals surface area contributed by atoms with Gasteiger partial charge in [-0.3, -0.25) is 4.79 Å². The lowest BCUT2D eigenvalue weighted by Crippen LogP contribution is -2.42. The van der Waals surface area contributed by atoms with Crippen LogP contribution in [0.3, 0.4) is 0 Å². The number of phenolic OH excluding ortho intramolecular Hbond substituents is 1. The van der Waals surface area contributed by atoms with Crippen molar-refractivity contribution in [3.8, 4) is 5.75 Å². The van der Waals surface area contributed by atoms with Crippen molar-refractivity contribution < 1.29 is 9.90 Å². The van der Waals surface area contributed by atoms with Crippen LogP contribution in [0.15, 0.2) is 24.3 Å². The number of hydrogen-bond donors (Lipinski definition) is 2. The number of benzene rings is 1. The number of hydrogen-bond acceptors (Lipinski definition) is 4. The predicted octanol–water partition coefficient (Wildman–Crippen LogP) is 2.01. The Morgan fingerprint density at radius 3 is 2.95 bits per heavy atom. The molecule has 1 aromatic carbocycles. The summed E-state index contributed by atoms with van der Waals surface area (Å²) in [6.45, 7) is 2.91. The van der Waals surface area contributed by atoms with Crippen molar-refractivity contribution in [2.24, 2.45) is 0 Å². The van der Waals surface area contributed by atoms with Crippen molar-refractivity contribution in [3.63, 3.8) is 0 Å². The fraction of sp³-hybridized carbons (Fsp3) is 0.533. The van der Waals surface area contributed by atoms with Crippen molar-refractivity contribution in [1.82, 2.24) is 10.2 Å². The van der Waals surface area contributed by atoms with E-state index in [-0.39, 0.29) is 23.7 Å². The van der Waals surface area contributed by atoms with Gasteiger partial charge >= 0.3 is 0 Å². The Balaban J connectivity index is 1.97. The molecular weight excluding hydrogens is 272 g/mol. The normalized spacial score (nSPS) is 20.4. The van der Waals surface area contributed by atoms with Crippen LogP contribution in [0.2, 0.25) is 0 Å². The fourth-order valence-corrected chi connectivity index (χ4v) is 3.32. The third-order valence-electron chi connectivity index (χ3n) is 3.78. The summed E-state index contributed by atoms with van der Waals surface area (Å²) < 4.78 is 0. The highest BCUT2D eigenvalue weighted by Crippen LogP contribution is 2.27. The second-order valence-corrected chi connectivity index (χ2v) is 6.32. The Morgan fingerprint density at radius 1 is 1.55 bits per heavy atom. The van der Waals surface area contributed by atoms with E-state index in [1.807, 2.05) is 30.8 Å². The van der Waals surface area contributed by atoms with E-state index in [0.717, 1.165) is 23.6 Å². The molecular formula is C15H22N2O2S. The molecule has 1 saturated heterocycles. The SMILES string of the molecule is CC(c1ccccc1O)N(C)C(=O)CC1CSCCN1. The van der Waals surface area contributed by atoms with Gasteiger partial charge in [0.15, 0.2) is 0 Å². The van der Waals surface area contributed by atoms with Gasteiger partial charge in [-0.1, -0.05) is 18.2 Å². The molecule has 4 nitrogen and oxygen atoms in total. The maximum Gasteiger partial charge on any atom is 0.224 e. The van der Waals surface area contributed by atoms with Crippen LogP contribution in [0.25, 0.3) is 0 Å². The molecule has 20 heavy (non-hydrogen) atoms. The Hall–Kier alpha value is -1.20. The zero-order valence-corrected chi connectivity index (χ0v) is 12.8. The van der Waals surface area contributed by atoms with E-state index < -0.39 is 0 Å². The molecule has 1 amide bonds. The van der Waals surface area contributed by atoms with E-state index in [4.69, 9.17) is 0 Å². The van der Waals surface area contributed by atoms with Crippen LogP contribution in [0.5, 0.6) is 5.75 Å². The molecule has 110 valence electrons. The minimum atomic E-state index is -0.125. The molecule has 1 aromatic rings. The summed E-state index contributed by atoms with van der Waals surface area (Å²) in [4.78, 5) is 14.1. The zero-order valence-electron chi connectivity index (χ0n) is 12.0. The lowest BCUT2D eigenvalue weighted by atomic mass is 10.1. The van der Waals surface area contributed by atoms with E-state index in [9.17, 15) is 9.90 Å². The molecule has 2 atom stereocenters. The van der Waals surface area contributed by atoms with E-state index in [0.29, 0.717) is 6.42 Å². The summed E-state index contributed by atoms with van der Waals surface area (Å²) in [6, 6.07) is 7.32. The van der Waals surface area contributed by atoms with E-state index in [2.05, 4.69) is 5.32 Å². The van der Waals surface area contributed by atoms with Gasteiger partial charge in [-0.2, -0.15) is 11.8 Å². The van der Waals surface area contributed by atoms with E-state index >= 15 is 0 Å². The Kier molecular flexibility index (Phi) is 5.31. The van der Waals surface area contributed by atoms with Crippen LogP contribution in [-0.4, -0.2) is 47.1 Å².